The molecule has 6 rings (SSSR count). The summed E-state index contributed by atoms with van der Waals surface area (Å²) in [5.74, 6) is -0.695. The van der Waals surface area contributed by atoms with Crippen molar-refractivity contribution in [2.24, 2.45) is 5.41 Å². The monoisotopic (exact) mass is 751 g/mol. The van der Waals surface area contributed by atoms with Gasteiger partial charge in [-0.2, -0.15) is 13.2 Å². The molecule has 2 aromatic heterocycles. The van der Waals surface area contributed by atoms with Gasteiger partial charge in [0.25, 0.3) is 0 Å². The van der Waals surface area contributed by atoms with Crippen molar-refractivity contribution >= 4 is 17.6 Å². The smallest absolute Gasteiger partial charge is 0.418 e. The molecule has 3 N–H and O–H groups in total. The summed E-state index contributed by atoms with van der Waals surface area (Å²) in [5.41, 5.74) is 3.51. The third-order valence-corrected chi connectivity index (χ3v) is 11.1. The first-order valence-electron chi connectivity index (χ1n) is 17.8. The van der Waals surface area contributed by atoms with Crippen LogP contribution in [-0.4, -0.2) is 52.0 Å². The summed E-state index contributed by atoms with van der Waals surface area (Å²) in [7, 11) is 2.94. The fourth-order valence-electron chi connectivity index (χ4n) is 7.59. The minimum atomic E-state index is -4.66. The van der Waals surface area contributed by atoms with Crippen molar-refractivity contribution in [3.63, 3.8) is 0 Å². The number of ether oxygens (including phenoxy) is 2. The number of carboxylic acid groups (broad SMARTS) is 1. The van der Waals surface area contributed by atoms with Gasteiger partial charge in [-0.15, -0.1) is 0 Å². The molecule has 0 radical (unpaired) electrons. The van der Waals surface area contributed by atoms with Crippen molar-refractivity contribution in [1.29, 1.82) is 0 Å². The van der Waals surface area contributed by atoms with Crippen molar-refractivity contribution < 1.29 is 37.7 Å². The van der Waals surface area contributed by atoms with Gasteiger partial charge in [0.15, 0.2) is 0 Å². The molecule has 0 amide bonds. The van der Waals surface area contributed by atoms with Crippen LogP contribution in [0.15, 0.2) is 54.6 Å². The van der Waals surface area contributed by atoms with E-state index in [0.717, 1.165) is 39.4 Å². The second kappa shape index (κ2) is 14.9. The van der Waals surface area contributed by atoms with Crippen LogP contribution in [-0.2, 0) is 36.8 Å². The molecule has 4 aromatic rings. The molecule has 2 aliphatic rings. The van der Waals surface area contributed by atoms with Crippen LogP contribution in [0.3, 0.4) is 0 Å². The molecule has 2 aromatic carbocycles. The average Bonchev–Trinajstić information content (AvgIpc) is 3.51. The van der Waals surface area contributed by atoms with Gasteiger partial charge in [-0.05, 0) is 100 Å². The van der Waals surface area contributed by atoms with E-state index in [0.29, 0.717) is 48.8 Å². The number of alkyl halides is 3. The average molecular weight is 752 g/mol. The van der Waals surface area contributed by atoms with Gasteiger partial charge >= 0.3 is 12.1 Å². The van der Waals surface area contributed by atoms with Gasteiger partial charge in [-0.1, -0.05) is 54.1 Å². The lowest BCUT2D eigenvalue weighted by molar-refractivity contribution is -0.147. The number of pyridine rings is 2. The normalized spacial score (nSPS) is 19.8. The maximum Gasteiger partial charge on any atom is 0.418 e. The van der Waals surface area contributed by atoms with Gasteiger partial charge in [0.1, 0.15) is 0 Å². The molecule has 0 saturated heterocycles. The number of aromatic nitrogens is 2. The predicted octanol–water partition coefficient (Wildman–Crippen LogP) is 8.82. The van der Waals surface area contributed by atoms with E-state index in [-0.39, 0.29) is 48.4 Å². The Labute approximate surface area is 312 Å². The van der Waals surface area contributed by atoms with Gasteiger partial charge in [0, 0.05) is 34.8 Å². The number of carboxylic acids is 1. The number of rotatable bonds is 13. The van der Waals surface area contributed by atoms with Crippen molar-refractivity contribution in [2.75, 3.05) is 14.2 Å². The van der Waals surface area contributed by atoms with Crippen molar-refractivity contribution in [3.05, 3.63) is 93.1 Å². The van der Waals surface area contributed by atoms with Gasteiger partial charge in [0.05, 0.1) is 47.2 Å². The van der Waals surface area contributed by atoms with Crippen LogP contribution in [0.5, 0.6) is 11.8 Å². The number of nitrogens with one attached hydrogen (secondary N) is 1. The molecule has 1 fully saturated rings. The molecule has 0 aliphatic heterocycles. The molecule has 1 atom stereocenters. The van der Waals surface area contributed by atoms with E-state index < -0.39 is 28.7 Å². The summed E-state index contributed by atoms with van der Waals surface area (Å²) in [5, 5.41) is 23.5. The number of halogens is 4. The highest BCUT2D eigenvalue weighted by Gasteiger charge is 2.39. The molecule has 0 spiro atoms. The Kier molecular flexibility index (Phi) is 10.8. The van der Waals surface area contributed by atoms with Crippen LogP contribution < -0.4 is 14.8 Å². The number of methoxy groups -OCH3 is 2. The molecule has 53 heavy (non-hydrogen) atoms. The summed E-state index contributed by atoms with van der Waals surface area (Å²) < 4.78 is 54.6. The molecule has 1 saturated carbocycles. The molecule has 2 aliphatic carbocycles. The summed E-state index contributed by atoms with van der Waals surface area (Å²) in [6, 6.07) is 16.8. The number of aliphatic carboxylic acids is 1. The highest BCUT2D eigenvalue weighted by Crippen LogP contribution is 2.46. The summed E-state index contributed by atoms with van der Waals surface area (Å²) in [6.45, 7) is 5.46. The number of carbonyl (C=O) groups is 1. The highest BCUT2D eigenvalue weighted by atomic mass is 35.5. The number of aliphatic hydroxyl groups is 1. The first-order chi connectivity index (χ1) is 25.0. The molecule has 2 heterocycles. The topological polar surface area (TPSA) is 114 Å². The number of aryl methyl sites for hydroxylation is 1. The van der Waals surface area contributed by atoms with Crippen LogP contribution >= 0.6 is 11.6 Å². The fourth-order valence-corrected chi connectivity index (χ4v) is 7.92. The number of hydrogen-bond acceptors (Lipinski definition) is 7. The number of fused-ring (bicyclic) bond motifs is 1. The molecular weight excluding hydrogens is 707 g/mol. The fraction of sp³-hybridized carbons (Fsp3) is 0.439. The number of nitrogens with zero attached hydrogens (tertiary/aromatic N) is 2. The van der Waals surface area contributed by atoms with Gasteiger partial charge < -0.3 is 25.0 Å². The summed E-state index contributed by atoms with van der Waals surface area (Å²) in [4.78, 5) is 20.8. The first-order valence-corrected chi connectivity index (χ1v) is 18.2. The zero-order chi connectivity index (χ0) is 38.3. The highest BCUT2D eigenvalue weighted by molar-refractivity contribution is 6.36. The zero-order valence-electron chi connectivity index (χ0n) is 30.5. The van der Waals surface area contributed by atoms with Gasteiger partial charge in [-0.3, -0.25) is 4.79 Å². The molecule has 0 unspecified atom stereocenters. The first kappa shape index (κ1) is 38.5. The largest absolute Gasteiger partial charge is 0.481 e. The van der Waals surface area contributed by atoms with Crippen LogP contribution in [0.2, 0.25) is 5.02 Å². The zero-order valence-corrected chi connectivity index (χ0v) is 31.3. The molecule has 282 valence electrons. The van der Waals surface area contributed by atoms with Crippen LogP contribution in [0, 0.1) is 5.41 Å². The molecule has 8 nitrogen and oxygen atoms in total. The van der Waals surface area contributed by atoms with Crippen LogP contribution in [0.4, 0.5) is 13.2 Å². The lowest BCUT2D eigenvalue weighted by Crippen LogP contribution is -2.51. The minimum Gasteiger partial charge on any atom is -0.481 e. The summed E-state index contributed by atoms with van der Waals surface area (Å²) in [6.07, 6.45) is -1.74. The number of hydrogen-bond donors (Lipinski definition) is 3. The SMILES string of the molecule is COc1nc(-c2cccc(-c3cccc4c3CC[C@@H]4Cc3nc(OC)c(CCC(C)(C)C(=O)O)cc3C(F)(F)F)c2Cl)ccc1CNC1CC(C)(O)C1. The maximum atomic E-state index is 14.5. The Hall–Kier alpha value is -4.19. The van der Waals surface area contributed by atoms with E-state index in [1.54, 1.807) is 21.0 Å². The van der Waals surface area contributed by atoms with E-state index in [1.165, 1.54) is 7.11 Å². The molecule has 0 bridgehead atoms. The van der Waals surface area contributed by atoms with E-state index in [2.05, 4.69) is 10.3 Å². The third-order valence-electron chi connectivity index (χ3n) is 10.7. The standard InChI is InChI=1S/C41H45ClF3N3O5/c1-39(2,38(49)50)17-16-24-18-32(41(43,44)45)34(48-36(24)52-4)19-23-12-14-29-27(23)8-6-9-28(29)30-10-7-11-31(35(30)42)33-15-13-25(37(47-33)53-5)22-46-26-20-40(3,51)21-26/h6-11,13,15,18,23,26,46,51H,12,14,16-17,19-22H2,1-5H3,(H,49,50)/t23-,26?,40?/m1/s1. The Morgan fingerprint density at radius 3 is 2.30 bits per heavy atom. The van der Waals surface area contributed by atoms with E-state index >= 15 is 0 Å². The van der Waals surface area contributed by atoms with Gasteiger partial charge in [0.2, 0.25) is 11.8 Å². The quantitative estimate of drug-likeness (QED) is 0.124. The Bertz CT molecular complexity index is 2010. The Morgan fingerprint density at radius 2 is 1.64 bits per heavy atom. The van der Waals surface area contributed by atoms with Crippen LogP contribution in [0.1, 0.15) is 85.9 Å². The summed E-state index contributed by atoms with van der Waals surface area (Å²) >= 11 is 7.13. The second-order valence-electron chi connectivity index (χ2n) is 15.2. The van der Waals surface area contributed by atoms with E-state index in [1.807, 2.05) is 55.5 Å². The minimum absolute atomic E-state index is 0.0569. The van der Waals surface area contributed by atoms with E-state index in [9.17, 15) is 28.2 Å². The molecular formula is C41H45ClF3N3O5. The van der Waals surface area contributed by atoms with Crippen molar-refractivity contribution in [2.45, 2.75) is 96.0 Å². The Balaban J connectivity index is 1.27. The van der Waals surface area contributed by atoms with Crippen LogP contribution in [0.25, 0.3) is 22.4 Å². The lowest BCUT2D eigenvalue weighted by atomic mass is 9.77. The Morgan fingerprint density at radius 1 is 0.981 bits per heavy atom. The van der Waals surface area contributed by atoms with Gasteiger partial charge in [-0.25, -0.2) is 9.97 Å². The molecule has 12 heteroatoms. The second-order valence-corrected chi connectivity index (χ2v) is 15.5. The van der Waals surface area contributed by atoms with Crippen molar-refractivity contribution in [1.82, 2.24) is 15.3 Å². The predicted molar refractivity (Wildman–Crippen MR) is 197 cm³/mol. The van der Waals surface area contributed by atoms with Crippen molar-refractivity contribution in [3.8, 4) is 34.1 Å². The number of benzene rings is 2. The maximum absolute atomic E-state index is 14.5. The third kappa shape index (κ3) is 8.17. The lowest BCUT2D eigenvalue weighted by Gasteiger charge is -2.41. The van der Waals surface area contributed by atoms with E-state index in [4.69, 9.17) is 26.1 Å².